The van der Waals surface area contributed by atoms with E-state index in [1.807, 2.05) is 6.07 Å². The van der Waals surface area contributed by atoms with Crippen molar-refractivity contribution < 1.29 is 9.18 Å². The Morgan fingerprint density at radius 1 is 1.30 bits per heavy atom. The summed E-state index contributed by atoms with van der Waals surface area (Å²) in [6, 6.07) is 9.72. The van der Waals surface area contributed by atoms with Crippen LogP contribution in [0.1, 0.15) is 5.56 Å². The zero-order chi connectivity index (χ0) is 16.6. The van der Waals surface area contributed by atoms with Crippen LogP contribution in [-0.2, 0) is 11.2 Å². The molecule has 0 bridgehead atoms. The van der Waals surface area contributed by atoms with E-state index in [1.54, 1.807) is 25.2 Å². The van der Waals surface area contributed by atoms with Crippen LogP contribution in [0.3, 0.4) is 0 Å². The number of likely N-dealkylation sites (N-methyl/N-ethyl adjacent to an activating group) is 1. The molecule has 23 heavy (non-hydrogen) atoms. The number of carbonyl (C=O) groups excluding carboxylic acids is 1. The van der Waals surface area contributed by atoms with Crippen LogP contribution < -0.4 is 4.90 Å². The van der Waals surface area contributed by atoms with E-state index in [0.717, 1.165) is 10.2 Å². The standard InChI is InChI=1S/C16H11Cl2FN2OS/c1-21(15(22)8-10-11(18)3-2-4-12(10)19)16-20-13-7-9(17)5-6-14(13)23-16/h2-7H,8H2,1H3. The van der Waals surface area contributed by atoms with Gasteiger partial charge in [-0.1, -0.05) is 40.6 Å². The summed E-state index contributed by atoms with van der Waals surface area (Å²) < 4.78 is 14.7. The Morgan fingerprint density at radius 2 is 2.09 bits per heavy atom. The van der Waals surface area contributed by atoms with E-state index in [-0.39, 0.29) is 22.9 Å². The fraction of sp³-hybridized carbons (Fsp3) is 0.125. The number of carbonyl (C=O) groups is 1. The Bertz CT molecular complexity index is 877. The molecule has 118 valence electrons. The molecule has 0 aliphatic carbocycles. The number of thiazole rings is 1. The second kappa shape index (κ2) is 6.43. The molecule has 0 radical (unpaired) electrons. The number of rotatable bonds is 3. The van der Waals surface area contributed by atoms with Crippen molar-refractivity contribution in [3.63, 3.8) is 0 Å². The van der Waals surface area contributed by atoms with Gasteiger partial charge < -0.3 is 0 Å². The zero-order valence-electron chi connectivity index (χ0n) is 12.0. The first-order chi connectivity index (χ1) is 11.0. The van der Waals surface area contributed by atoms with Crippen LogP contribution in [0.5, 0.6) is 0 Å². The van der Waals surface area contributed by atoms with Crippen molar-refractivity contribution in [1.82, 2.24) is 4.98 Å². The first-order valence-electron chi connectivity index (χ1n) is 6.71. The molecule has 0 saturated heterocycles. The number of amides is 1. The molecule has 0 fully saturated rings. The molecule has 3 aromatic rings. The van der Waals surface area contributed by atoms with Crippen LogP contribution in [0.15, 0.2) is 36.4 Å². The molecule has 0 aliphatic heterocycles. The Labute approximate surface area is 146 Å². The molecule has 0 aliphatic rings. The smallest absolute Gasteiger partial charge is 0.233 e. The summed E-state index contributed by atoms with van der Waals surface area (Å²) in [6.07, 6.45) is -0.126. The van der Waals surface area contributed by atoms with Gasteiger partial charge in [0.05, 0.1) is 16.6 Å². The van der Waals surface area contributed by atoms with Crippen molar-refractivity contribution in [3.8, 4) is 0 Å². The molecule has 1 aromatic heterocycles. The quantitative estimate of drug-likeness (QED) is 0.655. The van der Waals surface area contributed by atoms with Crippen LogP contribution in [-0.4, -0.2) is 17.9 Å². The summed E-state index contributed by atoms with van der Waals surface area (Å²) in [5.41, 5.74) is 0.913. The van der Waals surface area contributed by atoms with Gasteiger partial charge >= 0.3 is 0 Å². The maximum Gasteiger partial charge on any atom is 0.233 e. The minimum Gasteiger partial charge on any atom is -0.291 e. The van der Waals surface area contributed by atoms with Gasteiger partial charge in [-0.05, 0) is 30.3 Å². The lowest BCUT2D eigenvalue weighted by atomic mass is 10.1. The number of halogens is 3. The molecule has 0 atom stereocenters. The third kappa shape index (κ3) is 3.32. The summed E-state index contributed by atoms with van der Waals surface area (Å²) in [5, 5.41) is 1.35. The highest BCUT2D eigenvalue weighted by Crippen LogP contribution is 2.30. The molecule has 7 heteroatoms. The molecule has 1 amide bonds. The van der Waals surface area contributed by atoms with E-state index in [2.05, 4.69) is 4.98 Å². The van der Waals surface area contributed by atoms with Gasteiger partial charge in [0.1, 0.15) is 5.82 Å². The van der Waals surface area contributed by atoms with Gasteiger partial charge in [0.2, 0.25) is 5.91 Å². The first-order valence-corrected chi connectivity index (χ1v) is 8.28. The molecule has 0 N–H and O–H groups in total. The van der Waals surface area contributed by atoms with Crippen LogP contribution in [0.2, 0.25) is 10.0 Å². The largest absolute Gasteiger partial charge is 0.291 e. The van der Waals surface area contributed by atoms with Gasteiger partial charge in [0.15, 0.2) is 5.13 Å². The summed E-state index contributed by atoms with van der Waals surface area (Å²) in [6.45, 7) is 0. The first kappa shape index (κ1) is 16.2. The predicted molar refractivity (Wildman–Crippen MR) is 93.2 cm³/mol. The fourth-order valence-corrected chi connectivity index (χ4v) is 3.43. The Balaban J connectivity index is 1.86. The van der Waals surface area contributed by atoms with E-state index < -0.39 is 5.82 Å². The van der Waals surface area contributed by atoms with E-state index in [4.69, 9.17) is 23.2 Å². The highest BCUT2D eigenvalue weighted by molar-refractivity contribution is 7.22. The van der Waals surface area contributed by atoms with Crippen LogP contribution in [0, 0.1) is 5.82 Å². The number of hydrogen-bond donors (Lipinski definition) is 0. The second-order valence-corrected chi connectivity index (χ2v) is 6.79. The minimum absolute atomic E-state index is 0.126. The molecule has 0 unspecified atom stereocenters. The third-order valence-electron chi connectivity index (χ3n) is 3.39. The van der Waals surface area contributed by atoms with E-state index >= 15 is 0 Å². The fourth-order valence-electron chi connectivity index (χ4n) is 2.11. The summed E-state index contributed by atoms with van der Waals surface area (Å²) in [4.78, 5) is 18.2. The van der Waals surface area contributed by atoms with Crippen molar-refractivity contribution in [2.24, 2.45) is 0 Å². The molecule has 0 spiro atoms. The van der Waals surface area contributed by atoms with Gasteiger partial charge in [-0.25, -0.2) is 9.37 Å². The number of fused-ring (bicyclic) bond motifs is 1. The monoisotopic (exact) mass is 368 g/mol. The second-order valence-electron chi connectivity index (χ2n) is 4.94. The summed E-state index contributed by atoms with van der Waals surface area (Å²) >= 11 is 13.3. The van der Waals surface area contributed by atoms with Gasteiger partial charge in [0, 0.05) is 22.7 Å². The van der Waals surface area contributed by atoms with Gasteiger partial charge in [-0.2, -0.15) is 0 Å². The van der Waals surface area contributed by atoms with Gasteiger partial charge in [0.25, 0.3) is 0 Å². The third-order valence-corrected chi connectivity index (χ3v) is 5.09. The summed E-state index contributed by atoms with van der Waals surface area (Å²) in [5.74, 6) is -0.780. The Kier molecular flexibility index (Phi) is 4.53. The number of aromatic nitrogens is 1. The number of anilines is 1. The van der Waals surface area contributed by atoms with Crippen LogP contribution in [0.4, 0.5) is 9.52 Å². The minimum atomic E-state index is -0.490. The molecule has 3 rings (SSSR count). The number of benzene rings is 2. The lowest BCUT2D eigenvalue weighted by Crippen LogP contribution is -2.28. The number of hydrogen-bond acceptors (Lipinski definition) is 3. The van der Waals surface area contributed by atoms with Crippen molar-refractivity contribution >= 4 is 55.8 Å². The topological polar surface area (TPSA) is 33.2 Å². The lowest BCUT2D eigenvalue weighted by Gasteiger charge is -2.14. The van der Waals surface area contributed by atoms with Crippen molar-refractivity contribution in [1.29, 1.82) is 0 Å². The lowest BCUT2D eigenvalue weighted by molar-refractivity contribution is -0.117. The normalized spacial score (nSPS) is 11.0. The molecule has 1 heterocycles. The van der Waals surface area contributed by atoms with Gasteiger partial charge in [-0.15, -0.1) is 0 Å². The average Bonchev–Trinajstić information content (AvgIpc) is 2.93. The number of nitrogens with zero attached hydrogens (tertiary/aromatic N) is 2. The highest BCUT2D eigenvalue weighted by Gasteiger charge is 2.19. The molecular weight excluding hydrogens is 358 g/mol. The van der Waals surface area contributed by atoms with Crippen molar-refractivity contribution in [2.45, 2.75) is 6.42 Å². The van der Waals surface area contributed by atoms with Crippen LogP contribution in [0.25, 0.3) is 10.2 Å². The predicted octanol–water partition coefficient (Wildman–Crippen LogP) is 4.95. The maximum absolute atomic E-state index is 13.8. The van der Waals surface area contributed by atoms with Crippen molar-refractivity contribution in [3.05, 3.63) is 57.8 Å². The summed E-state index contributed by atoms with van der Waals surface area (Å²) in [7, 11) is 1.61. The molecule has 0 saturated carbocycles. The van der Waals surface area contributed by atoms with E-state index in [9.17, 15) is 9.18 Å². The zero-order valence-corrected chi connectivity index (χ0v) is 14.3. The maximum atomic E-state index is 13.8. The molecule has 2 aromatic carbocycles. The van der Waals surface area contributed by atoms with E-state index in [1.165, 1.54) is 28.4 Å². The van der Waals surface area contributed by atoms with Crippen molar-refractivity contribution in [2.75, 3.05) is 11.9 Å². The molecule has 3 nitrogen and oxygen atoms in total. The SMILES string of the molecule is CN(C(=O)Cc1c(F)cccc1Cl)c1nc2cc(Cl)ccc2s1. The molecular formula is C16H11Cl2FN2OS. The Hall–Kier alpha value is -1.69. The highest BCUT2D eigenvalue weighted by atomic mass is 35.5. The average molecular weight is 369 g/mol. The van der Waals surface area contributed by atoms with Gasteiger partial charge in [-0.3, -0.25) is 9.69 Å². The van der Waals surface area contributed by atoms with E-state index in [0.29, 0.717) is 10.2 Å². The Morgan fingerprint density at radius 3 is 2.83 bits per heavy atom. The van der Waals surface area contributed by atoms with Crippen LogP contribution >= 0.6 is 34.5 Å².